The van der Waals surface area contributed by atoms with Crippen LogP contribution in [0, 0.1) is 0 Å². The Bertz CT molecular complexity index is 329. The molecule has 0 unspecified atom stereocenters. The number of benzene rings is 1. The van der Waals surface area contributed by atoms with E-state index in [0.717, 1.165) is 18.1 Å². The highest BCUT2D eigenvalue weighted by molar-refractivity contribution is 6.30. The van der Waals surface area contributed by atoms with Gasteiger partial charge in [0.15, 0.2) is 0 Å². The lowest BCUT2D eigenvalue weighted by Crippen LogP contribution is -2.32. The first kappa shape index (κ1) is 13.9. The molecule has 1 fully saturated rings. The van der Waals surface area contributed by atoms with E-state index in [1.165, 1.54) is 50.9 Å². The SMILES string of the molecule is Clc1ccc(CNCCN2CCCCCC2)cc1. The summed E-state index contributed by atoms with van der Waals surface area (Å²) in [6.07, 6.45) is 5.57. The van der Waals surface area contributed by atoms with Gasteiger partial charge in [-0.2, -0.15) is 0 Å². The Morgan fingerprint density at radius 3 is 2.33 bits per heavy atom. The second-order valence-corrected chi connectivity index (χ2v) is 5.50. The second-order valence-electron chi connectivity index (χ2n) is 5.06. The van der Waals surface area contributed by atoms with Crippen molar-refractivity contribution in [1.29, 1.82) is 0 Å². The lowest BCUT2D eigenvalue weighted by atomic mass is 10.2. The molecule has 0 aliphatic carbocycles. The van der Waals surface area contributed by atoms with Gasteiger partial charge in [0.2, 0.25) is 0 Å². The molecule has 0 amide bonds. The molecule has 1 aromatic carbocycles. The van der Waals surface area contributed by atoms with Gasteiger partial charge >= 0.3 is 0 Å². The monoisotopic (exact) mass is 266 g/mol. The molecule has 1 aromatic rings. The Kier molecular flexibility index (Phi) is 5.98. The summed E-state index contributed by atoms with van der Waals surface area (Å²) in [7, 11) is 0. The number of halogens is 1. The van der Waals surface area contributed by atoms with Gasteiger partial charge in [-0.15, -0.1) is 0 Å². The van der Waals surface area contributed by atoms with Gasteiger partial charge in [-0.05, 0) is 43.6 Å². The van der Waals surface area contributed by atoms with Gasteiger partial charge < -0.3 is 10.2 Å². The summed E-state index contributed by atoms with van der Waals surface area (Å²) in [5.41, 5.74) is 1.30. The van der Waals surface area contributed by atoms with Crippen molar-refractivity contribution in [2.24, 2.45) is 0 Å². The van der Waals surface area contributed by atoms with Crippen molar-refractivity contribution in [2.45, 2.75) is 32.2 Å². The van der Waals surface area contributed by atoms with Crippen LogP contribution in [0.3, 0.4) is 0 Å². The van der Waals surface area contributed by atoms with E-state index in [1.807, 2.05) is 12.1 Å². The molecule has 2 nitrogen and oxygen atoms in total. The standard InChI is InChI=1S/C15H23ClN2/c16-15-7-5-14(6-8-15)13-17-9-12-18-10-3-1-2-4-11-18/h5-8,17H,1-4,9-13H2. The van der Waals surface area contributed by atoms with Gasteiger partial charge in [0.25, 0.3) is 0 Å². The highest BCUT2D eigenvalue weighted by atomic mass is 35.5. The minimum absolute atomic E-state index is 0.809. The maximum absolute atomic E-state index is 5.86. The molecule has 1 saturated heterocycles. The van der Waals surface area contributed by atoms with Crippen LogP contribution in [0.25, 0.3) is 0 Å². The van der Waals surface area contributed by atoms with Gasteiger partial charge in [-0.1, -0.05) is 36.6 Å². The van der Waals surface area contributed by atoms with Crippen LogP contribution in [0.15, 0.2) is 24.3 Å². The Balaban J connectivity index is 1.61. The molecule has 1 heterocycles. The lowest BCUT2D eigenvalue weighted by Gasteiger charge is -2.19. The average Bonchev–Trinajstić information content (AvgIpc) is 2.65. The maximum atomic E-state index is 5.86. The largest absolute Gasteiger partial charge is 0.311 e. The number of nitrogens with one attached hydrogen (secondary N) is 1. The van der Waals surface area contributed by atoms with E-state index >= 15 is 0 Å². The molecule has 0 bridgehead atoms. The van der Waals surface area contributed by atoms with Crippen LogP contribution in [-0.4, -0.2) is 31.1 Å². The molecule has 18 heavy (non-hydrogen) atoms. The van der Waals surface area contributed by atoms with Crippen molar-refractivity contribution in [3.8, 4) is 0 Å². The van der Waals surface area contributed by atoms with Gasteiger partial charge in [-0.25, -0.2) is 0 Å². The average molecular weight is 267 g/mol. The molecule has 0 aromatic heterocycles. The summed E-state index contributed by atoms with van der Waals surface area (Å²) in [5, 5.41) is 4.31. The zero-order valence-electron chi connectivity index (χ0n) is 11.0. The summed E-state index contributed by atoms with van der Waals surface area (Å²) < 4.78 is 0. The minimum Gasteiger partial charge on any atom is -0.311 e. The van der Waals surface area contributed by atoms with E-state index in [9.17, 15) is 0 Å². The molecule has 3 heteroatoms. The van der Waals surface area contributed by atoms with E-state index in [1.54, 1.807) is 0 Å². The fourth-order valence-electron chi connectivity index (χ4n) is 2.43. The highest BCUT2D eigenvalue weighted by Crippen LogP contribution is 2.10. The highest BCUT2D eigenvalue weighted by Gasteiger charge is 2.07. The van der Waals surface area contributed by atoms with Crippen molar-refractivity contribution in [3.05, 3.63) is 34.9 Å². The fraction of sp³-hybridized carbons (Fsp3) is 0.600. The summed E-state index contributed by atoms with van der Waals surface area (Å²) in [6.45, 7) is 5.74. The van der Waals surface area contributed by atoms with Crippen LogP contribution < -0.4 is 5.32 Å². The number of hydrogen-bond acceptors (Lipinski definition) is 2. The zero-order chi connectivity index (χ0) is 12.6. The van der Waals surface area contributed by atoms with Crippen molar-refractivity contribution in [2.75, 3.05) is 26.2 Å². The Labute approximate surface area is 115 Å². The predicted octanol–water partition coefficient (Wildman–Crippen LogP) is 3.31. The molecule has 0 spiro atoms. The minimum atomic E-state index is 0.809. The number of hydrogen-bond donors (Lipinski definition) is 1. The second kappa shape index (κ2) is 7.78. The fourth-order valence-corrected chi connectivity index (χ4v) is 2.56. The van der Waals surface area contributed by atoms with Gasteiger partial charge in [0, 0.05) is 24.7 Å². The van der Waals surface area contributed by atoms with Gasteiger partial charge in [0.1, 0.15) is 0 Å². The first-order valence-electron chi connectivity index (χ1n) is 7.02. The van der Waals surface area contributed by atoms with E-state index in [-0.39, 0.29) is 0 Å². The van der Waals surface area contributed by atoms with E-state index in [0.29, 0.717) is 0 Å². The molecule has 1 aliphatic heterocycles. The summed E-state index contributed by atoms with van der Waals surface area (Å²) >= 11 is 5.86. The number of rotatable bonds is 5. The van der Waals surface area contributed by atoms with Crippen LogP contribution in [0.4, 0.5) is 0 Å². The summed E-state index contributed by atoms with van der Waals surface area (Å²) in [4.78, 5) is 2.59. The smallest absolute Gasteiger partial charge is 0.0406 e. The van der Waals surface area contributed by atoms with Gasteiger partial charge in [-0.3, -0.25) is 0 Å². The van der Waals surface area contributed by atoms with Crippen molar-refractivity contribution in [1.82, 2.24) is 10.2 Å². The molecule has 0 radical (unpaired) electrons. The van der Waals surface area contributed by atoms with E-state index < -0.39 is 0 Å². The third kappa shape index (κ3) is 4.97. The number of nitrogens with zero attached hydrogens (tertiary/aromatic N) is 1. The quantitative estimate of drug-likeness (QED) is 0.823. The van der Waals surface area contributed by atoms with Crippen LogP contribution in [0.1, 0.15) is 31.2 Å². The number of likely N-dealkylation sites (tertiary alicyclic amines) is 1. The molecule has 2 rings (SSSR count). The summed E-state index contributed by atoms with van der Waals surface area (Å²) in [5.74, 6) is 0. The van der Waals surface area contributed by atoms with E-state index in [4.69, 9.17) is 11.6 Å². The van der Waals surface area contributed by atoms with Crippen molar-refractivity contribution < 1.29 is 0 Å². The first-order valence-corrected chi connectivity index (χ1v) is 7.40. The molecule has 0 atom stereocenters. The Morgan fingerprint density at radius 1 is 1.00 bits per heavy atom. The molecule has 1 aliphatic rings. The molecule has 1 N–H and O–H groups in total. The van der Waals surface area contributed by atoms with Crippen LogP contribution in [0.2, 0.25) is 5.02 Å². The summed E-state index contributed by atoms with van der Waals surface area (Å²) in [6, 6.07) is 8.07. The predicted molar refractivity (Wildman–Crippen MR) is 78.1 cm³/mol. The first-order chi connectivity index (χ1) is 8.84. The molecular weight excluding hydrogens is 244 g/mol. The normalized spacial score (nSPS) is 17.6. The van der Waals surface area contributed by atoms with Gasteiger partial charge in [0.05, 0.1) is 0 Å². The molecule has 0 saturated carbocycles. The van der Waals surface area contributed by atoms with Crippen LogP contribution >= 0.6 is 11.6 Å². The lowest BCUT2D eigenvalue weighted by molar-refractivity contribution is 0.284. The third-order valence-electron chi connectivity index (χ3n) is 3.55. The van der Waals surface area contributed by atoms with Crippen LogP contribution in [0.5, 0.6) is 0 Å². The maximum Gasteiger partial charge on any atom is 0.0406 e. The Hall–Kier alpha value is -0.570. The molecule has 100 valence electrons. The Morgan fingerprint density at radius 2 is 1.67 bits per heavy atom. The third-order valence-corrected chi connectivity index (χ3v) is 3.80. The molecular formula is C15H23ClN2. The van der Waals surface area contributed by atoms with Crippen LogP contribution in [-0.2, 0) is 6.54 Å². The van der Waals surface area contributed by atoms with Crippen molar-refractivity contribution >= 4 is 11.6 Å². The zero-order valence-corrected chi connectivity index (χ0v) is 11.8. The van der Waals surface area contributed by atoms with Crippen molar-refractivity contribution in [3.63, 3.8) is 0 Å². The van der Waals surface area contributed by atoms with E-state index in [2.05, 4.69) is 22.3 Å². The topological polar surface area (TPSA) is 15.3 Å².